The molecule has 1 saturated heterocycles. The van der Waals surface area contributed by atoms with Gasteiger partial charge in [-0.1, -0.05) is 18.2 Å². The van der Waals surface area contributed by atoms with Crippen molar-refractivity contribution in [2.24, 2.45) is 0 Å². The molecule has 0 radical (unpaired) electrons. The van der Waals surface area contributed by atoms with Gasteiger partial charge in [-0.3, -0.25) is 4.79 Å². The molecule has 2 aromatic rings. The highest BCUT2D eigenvalue weighted by Gasteiger charge is 2.19. The zero-order valence-corrected chi connectivity index (χ0v) is 14.5. The SMILES string of the molecule is C=CCNC(=O)c1cnc(N2CCN(c3cccc(C)c3)CC2)cn1. The largest absolute Gasteiger partial charge is 0.368 e. The Kier molecular flexibility index (Phi) is 5.28. The molecule has 0 atom stereocenters. The van der Waals surface area contributed by atoms with E-state index in [2.05, 4.69) is 62.9 Å². The number of rotatable bonds is 5. The van der Waals surface area contributed by atoms with Crippen LogP contribution in [0.15, 0.2) is 49.3 Å². The lowest BCUT2D eigenvalue weighted by Crippen LogP contribution is -2.46. The van der Waals surface area contributed by atoms with E-state index in [9.17, 15) is 4.79 Å². The van der Waals surface area contributed by atoms with Crippen molar-refractivity contribution >= 4 is 17.4 Å². The third-order valence-electron chi connectivity index (χ3n) is 4.25. The van der Waals surface area contributed by atoms with Crippen LogP contribution in [0.3, 0.4) is 0 Å². The van der Waals surface area contributed by atoms with Gasteiger partial charge in [-0.05, 0) is 24.6 Å². The molecule has 0 aliphatic carbocycles. The van der Waals surface area contributed by atoms with Crippen LogP contribution in [-0.2, 0) is 0 Å². The zero-order valence-electron chi connectivity index (χ0n) is 14.5. The fourth-order valence-electron chi connectivity index (χ4n) is 2.88. The van der Waals surface area contributed by atoms with E-state index in [1.165, 1.54) is 17.4 Å². The molecule has 1 N–H and O–H groups in total. The Morgan fingerprint density at radius 3 is 2.60 bits per heavy atom. The monoisotopic (exact) mass is 337 g/mol. The average Bonchev–Trinajstić information content (AvgIpc) is 2.66. The Labute approximate surface area is 148 Å². The summed E-state index contributed by atoms with van der Waals surface area (Å²) in [5.41, 5.74) is 2.86. The van der Waals surface area contributed by atoms with Crippen LogP contribution in [0.5, 0.6) is 0 Å². The summed E-state index contributed by atoms with van der Waals surface area (Å²) in [4.78, 5) is 25.1. The first-order valence-electron chi connectivity index (χ1n) is 8.45. The van der Waals surface area contributed by atoms with Crippen molar-refractivity contribution in [3.05, 3.63) is 60.6 Å². The first-order chi connectivity index (χ1) is 12.2. The molecule has 1 aromatic heterocycles. The number of hydrogen-bond donors (Lipinski definition) is 1. The van der Waals surface area contributed by atoms with Gasteiger partial charge in [-0.25, -0.2) is 9.97 Å². The number of nitrogens with zero attached hydrogens (tertiary/aromatic N) is 4. The number of amides is 1. The second-order valence-corrected chi connectivity index (χ2v) is 6.07. The Morgan fingerprint density at radius 1 is 1.20 bits per heavy atom. The average molecular weight is 337 g/mol. The number of nitrogens with one attached hydrogen (secondary N) is 1. The van der Waals surface area contributed by atoms with Crippen molar-refractivity contribution in [2.75, 3.05) is 42.5 Å². The Bertz CT molecular complexity index is 736. The van der Waals surface area contributed by atoms with E-state index in [1.54, 1.807) is 12.3 Å². The van der Waals surface area contributed by atoms with Gasteiger partial charge in [-0.15, -0.1) is 6.58 Å². The fourth-order valence-corrected chi connectivity index (χ4v) is 2.88. The van der Waals surface area contributed by atoms with Gasteiger partial charge < -0.3 is 15.1 Å². The summed E-state index contributed by atoms with van der Waals surface area (Å²) in [5, 5.41) is 2.70. The highest BCUT2D eigenvalue weighted by molar-refractivity contribution is 5.92. The second-order valence-electron chi connectivity index (χ2n) is 6.07. The maximum atomic E-state index is 11.8. The zero-order chi connectivity index (χ0) is 17.6. The summed E-state index contributed by atoms with van der Waals surface area (Å²) in [7, 11) is 0. The summed E-state index contributed by atoms with van der Waals surface area (Å²) in [6, 6.07) is 8.58. The molecule has 6 nitrogen and oxygen atoms in total. The number of benzene rings is 1. The molecule has 1 fully saturated rings. The normalized spacial score (nSPS) is 14.3. The van der Waals surface area contributed by atoms with E-state index < -0.39 is 0 Å². The number of hydrogen-bond acceptors (Lipinski definition) is 5. The van der Waals surface area contributed by atoms with Crippen LogP contribution in [-0.4, -0.2) is 48.6 Å². The molecule has 25 heavy (non-hydrogen) atoms. The molecule has 130 valence electrons. The molecule has 1 aromatic carbocycles. The van der Waals surface area contributed by atoms with Gasteiger partial charge in [0, 0.05) is 38.4 Å². The summed E-state index contributed by atoms with van der Waals surface area (Å²) < 4.78 is 0. The predicted octanol–water partition coefficient (Wildman–Crippen LogP) is 2.03. The Hall–Kier alpha value is -2.89. The van der Waals surface area contributed by atoms with Gasteiger partial charge in [0.2, 0.25) is 0 Å². The molecule has 0 bridgehead atoms. The lowest BCUT2D eigenvalue weighted by atomic mass is 10.2. The van der Waals surface area contributed by atoms with Crippen molar-refractivity contribution in [3.63, 3.8) is 0 Å². The van der Waals surface area contributed by atoms with Crippen LogP contribution in [0.4, 0.5) is 11.5 Å². The number of piperazine rings is 1. The summed E-state index contributed by atoms with van der Waals surface area (Å²) in [6.07, 6.45) is 4.83. The van der Waals surface area contributed by atoms with Crippen molar-refractivity contribution in [1.29, 1.82) is 0 Å². The molecule has 0 unspecified atom stereocenters. The number of aromatic nitrogens is 2. The predicted molar refractivity (Wildman–Crippen MR) is 100 cm³/mol. The maximum absolute atomic E-state index is 11.8. The summed E-state index contributed by atoms with van der Waals surface area (Å²) >= 11 is 0. The molecular formula is C19H23N5O. The molecule has 1 amide bonds. The van der Waals surface area contributed by atoms with Gasteiger partial charge in [0.05, 0.1) is 12.4 Å². The minimum Gasteiger partial charge on any atom is -0.368 e. The lowest BCUT2D eigenvalue weighted by molar-refractivity contribution is 0.0952. The lowest BCUT2D eigenvalue weighted by Gasteiger charge is -2.36. The van der Waals surface area contributed by atoms with Crippen LogP contribution in [0.2, 0.25) is 0 Å². The van der Waals surface area contributed by atoms with Gasteiger partial charge in [0.1, 0.15) is 11.5 Å². The van der Waals surface area contributed by atoms with Crippen molar-refractivity contribution < 1.29 is 4.79 Å². The van der Waals surface area contributed by atoms with Crippen LogP contribution < -0.4 is 15.1 Å². The van der Waals surface area contributed by atoms with Crippen LogP contribution in [0, 0.1) is 6.92 Å². The van der Waals surface area contributed by atoms with Gasteiger partial charge in [0.15, 0.2) is 0 Å². The van der Waals surface area contributed by atoms with Crippen molar-refractivity contribution in [3.8, 4) is 0 Å². The quantitative estimate of drug-likeness (QED) is 0.846. The fraction of sp³-hybridized carbons (Fsp3) is 0.316. The number of aryl methyl sites for hydroxylation is 1. The van der Waals surface area contributed by atoms with Crippen molar-refractivity contribution in [1.82, 2.24) is 15.3 Å². The molecule has 6 heteroatoms. The molecule has 2 heterocycles. The summed E-state index contributed by atoms with van der Waals surface area (Å²) in [6.45, 7) is 9.74. The minimum absolute atomic E-state index is 0.233. The first-order valence-corrected chi connectivity index (χ1v) is 8.45. The topological polar surface area (TPSA) is 61.4 Å². The maximum Gasteiger partial charge on any atom is 0.271 e. The second kappa shape index (κ2) is 7.79. The van der Waals surface area contributed by atoms with Gasteiger partial charge in [0.25, 0.3) is 5.91 Å². The molecule has 0 saturated carbocycles. The van der Waals surface area contributed by atoms with E-state index in [-0.39, 0.29) is 5.91 Å². The van der Waals surface area contributed by atoms with E-state index >= 15 is 0 Å². The van der Waals surface area contributed by atoms with E-state index in [1.807, 2.05) is 0 Å². The number of anilines is 2. The summed E-state index contributed by atoms with van der Waals surface area (Å²) in [5.74, 6) is 0.576. The van der Waals surface area contributed by atoms with Crippen LogP contribution >= 0.6 is 0 Å². The highest BCUT2D eigenvalue weighted by Crippen LogP contribution is 2.19. The third-order valence-corrected chi connectivity index (χ3v) is 4.25. The van der Waals surface area contributed by atoms with Gasteiger partial charge >= 0.3 is 0 Å². The standard InChI is InChI=1S/C19H23N5O/c1-3-7-20-19(25)17-13-22-18(14-21-17)24-10-8-23(9-11-24)16-6-4-5-15(2)12-16/h3-6,12-14H,1,7-11H2,2H3,(H,20,25). The number of carbonyl (C=O) groups is 1. The Balaban J connectivity index is 1.59. The van der Waals surface area contributed by atoms with E-state index in [4.69, 9.17) is 0 Å². The minimum atomic E-state index is -0.233. The third kappa shape index (κ3) is 4.15. The first kappa shape index (κ1) is 17.0. The smallest absolute Gasteiger partial charge is 0.271 e. The molecule has 1 aliphatic heterocycles. The van der Waals surface area contributed by atoms with E-state index in [0.29, 0.717) is 12.2 Å². The van der Waals surface area contributed by atoms with Crippen LogP contribution in [0.25, 0.3) is 0 Å². The molecule has 3 rings (SSSR count). The van der Waals surface area contributed by atoms with E-state index in [0.717, 1.165) is 32.0 Å². The Morgan fingerprint density at radius 2 is 1.96 bits per heavy atom. The molecule has 0 spiro atoms. The molecule has 1 aliphatic rings. The molecular weight excluding hydrogens is 314 g/mol. The van der Waals surface area contributed by atoms with Crippen LogP contribution in [0.1, 0.15) is 16.1 Å². The number of carbonyl (C=O) groups excluding carboxylic acids is 1. The van der Waals surface area contributed by atoms with Crippen molar-refractivity contribution in [2.45, 2.75) is 6.92 Å². The highest BCUT2D eigenvalue weighted by atomic mass is 16.1. The van der Waals surface area contributed by atoms with Gasteiger partial charge in [-0.2, -0.15) is 0 Å².